The van der Waals surface area contributed by atoms with E-state index in [2.05, 4.69) is 26.0 Å². The third-order valence-corrected chi connectivity index (χ3v) is 3.91. The number of hydrogen-bond acceptors (Lipinski definition) is 3. The standard InChI is InChI=1S/C15H13NO2S/c1-9(2)10-3-4-11-5-13(19-14(11)7-10)6-12(8-16)15(17)18/h3-7,9H,1-2H3,(H,17,18)/b12-6+. The maximum Gasteiger partial charge on any atom is 0.346 e. The van der Waals surface area contributed by atoms with E-state index >= 15 is 0 Å². The SMILES string of the molecule is CC(C)c1ccc2cc(/C=C(\C#N)C(=O)O)sc2c1. The number of thiophene rings is 1. The van der Waals surface area contributed by atoms with Crippen molar-refractivity contribution in [1.29, 1.82) is 5.26 Å². The van der Waals surface area contributed by atoms with Gasteiger partial charge in [-0.05, 0) is 35.1 Å². The molecule has 0 aliphatic rings. The summed E-state index contributed by atoms with van der Waals surface area (Å²) in [6, 6.07) is 9.83. The molecule has 19 heavy (non-hydrogen) atoms. The Kier molecular flexibility index (Phi) is 3.68. The normalized spacial score (nSPS) is 11.8. The average Bonchev–Trinajstić information content (AvgIpc) is 2.76. The van der Waals surface area contributed by atoms with Crippen LogP contribution in [-0.2, 0) is 4.79 Å². The van der Waals surface area contributed by atoms with Crippen molar-refractivity contribution in [3.63, 3.8) is 0 Å². The van der Waals surface area contributed by atoms with Crippen LogP contribution < -0.4 is 0 Å². The summed E-state index contributed by atoms with van der Waals surface area (Å²) in [7, 11) is 0. The molecule has 0 saturated carbocycles. The highest BCUT2D eigenvalue weighted by atomic mass is 32.1. The molecule has 0 bridgehead atoms. The van der Waals surface area contributed by atoms with Gasteiger partial charge in [-0.3, -0.25) is 0 Å². The maximum atomic E-state index is 10.8. The smallest absolute Gasteiger partial charge is 0.346 e. The Balaban J connectivity index is 2.48. The topological polar surface area (TPSA) is 61.1 Å². The number of hydrogen-bond donors (Lipinski definition) is 1. The predicted molar refractivity (Wildman–Crippen MR) is 77.1 cm³/mol. The third-order valence-electron chi connectivity index (χ3n) is 2.87. The fourth-order valence-electron chi connectivity index (χ4n) is 1.78. The quantitative estimate of drug-likeness (QED) is 0.677. The summed E-state index contributed by atoms with van der Waals surface area (Å²) >= 11 is 1.50. The van der Waals surface area contributed by atoms with Gasteiger partial charge in [0.25, 0.3) is 0 Å². The number of carboxylic acids is 1. The molecule has 0 atom stereocenters. The van der Waals surface area contributed by atoms with Gasteiger partial charge in [-0.1, -0.05) is 26.0 Å². The Bertz CT molecular complexity index is 704. The Labute approximate surface area is 115 Å². The summed E-state index contributed by atoms with van der Waals surface area (Å²) in [5, 5.41) is 18.7. The minimum atomic E-state index is -1.19. The van der Waals surface area contributed by atoms with Crippen LogP contribution in [0.3, 0.4) is 0 Å². The number of nitriles is 1. The molecule has 0 aliphatic heterocycles. The van der Waals surface area contributed by atoms with Crippen LogP contribution in [0, 0.1) is 11.3 Å². The van der Waals surface area contributed by atoms with Gasteiger partial charge in [-0.15, -0.1) is 11.3 Å². The van der Waals surface area contributed by atoms with E-state index in [1.165, 1.54) is 23.0 Å². The summed E-state index contributed by atoms with van der Waals surface area (Å²) in [6.45, 7) is 4.27. The van der Waals surface area contributed by atoms with E-state index in [1.807, 2.05) is 12.1 Å². The number of benzene rings is 1. The van der Waals surface area contributed by atoms with Gasteiger partial charge in [0, 0.05) is 9.58 Å². The minimum Gasteiger partial charge on any atom is -0.477 e. The fourth-order valence-corrected chi connectivity index (χ4v) is 2.84. The van der Waals surface area contributed by atoms with E-state index in [9.17, 15) is 4.79 Å². The van der Waals surface area contributed by atoms with Crippen molar-refractivity contribution in [2.24, 2.45) is 0 Å². The molecule has 4 heteroatoms. The van der Waals surface area contributed by atoms with Crippen LogP contribution in [0.5, 0.6) is 0 Å². The van der Waals surface area contributed by atoms with E-state index in [-0.39, 0.29) is 5.57 Å². The second-order valence-corrected chi connectivity index (χ2v) is 5.69. The monoisotopic (exact) mass is 271 g/mol. The molecule has 0 radical (unpaired) electrons. The average molecular weight is 271 g/mol. The Morgan fingerprint density at radius 1 is 1.42 bits per heavy atom. The number of carboxylic acid groups (broad SMARTS) is 1. The van der Waals surface area contributed by atoms with Crippen molar-refractivity contribution in [2.75, 3.05) is 0 Å². The van der Waals surface area contributed by atoms with Crippen LogP contribution >= 0.6 is 11.3 Å². The Morgan fingerprint density at radius 2 is 2.16 bits per heavy atom. The van der Waals surface area contributed by atoms with Crippen molar-refractivity contribution in [3.8, 4) is 6.07 Å². The van der Waals surface area contributed by atoms with Gasteiger partial charge in [0.05, 0.1) is 0 Å². The van der Waals surface area contributed by atoms with Crippen molar-refractivity contribution in [2.45, 2.75) is 19.8 Å². The summed E-state index contributed by atoms with van der Waals surface area (Å²) in [5.74, 6) is -0.734. The third kappa shape index (κ3) is 2.83. The molecule has 1 aromatic heterocycles. The number of rotatable bonds is 3. The Morgan fingerprint density at radius 3 is 2.74 bits per heavy atom. The van der Waals surface area contributed by atoms with Gasteiger partial charge in [-0.2, -0.15) is 5.26 Å². The van der Waals surface area contributed by atoms with Gasteiger partial charge >= 0.3 is 5.97 Å². The molecule has 3 nitrogen and oxygen atoms in total. The fraction of sp³-hybridized carbons (Fsp3) is 0.200. The largest absolute Gasteiger partial charge is 0.477 e. The van der Waals surface area contributed by atoms with Crippen LogP contribution in [0.1, 0.15) is 30.2 Å². The van der Waals surface area contributed by atoms with Crippen LogP contribution in [0.4, 0.5) is 0 Å². The zero-order valence-corrected chi connectivity index (χ0v) is 11.5. The first-order valence-electron chi connectivity index (χ1n) is 5.90. The van der Waals surface area contributed by atoms with Crippen molar-refractivity contribution in [3.05, 3.63) is 40.3 Å². The molecule has 1 heterocycles. The molecule has 0 spiro atoms. The number of aliphatic carboxylic acids is 1. The molecule has 0 saturated heterocycles. The lowest BCUT2D eigenvalue weighted by Crippen LogP contribution is -1.96. The molecule has 96 valence electrons. The molecular weight excluding hydrogens is 258 g/mol. The van der Waals surface area contributed by atoms with E-state index in [0.29, 0.717) is 5.92 Å². The summed E-state index contributed by atoms with van der Waals surface area (Å²) in [5.41, 5.74) is 1.01. The van der Waals surface area contributed by atoms with E-state index in [0.717, 1.165) is 15.0 Å². The zero-order chi connectivity index (χ0) is 14.0. The molecule has 0 unspecified atom stereocenters. The highest BCUT2D eigenvalue weighted by Gasteiger charge is 2.08. The maximum absolute atomic E-state index is 10.8. The van der Waals surface area contributed by atoms with Gasteiger partial charge < -0.3 is 5.11 Å². The van der Waals surface area contributed by atoms with E-state index < -0.39 is 5.97 Å². The number of nitrogens with zero attached hydrogens (tertiary/aromatic N) is 1. The van der Waals surface area contributed by atoms with Crippen LogP contribution in [0.2, 0.25) is 0 Å². The summed E-state index contributed by atoms with van der Waals surface area (Å²) in [4.78, 5) is 11.6. The molecule has 0 fully saturated rings. The molecule has 1 aromatic carbocycles. The number of carbonyl (C=O) groups is 1. The molecule has 0 aliphatic carbocycles. The highest BCUT2D eigenvalue weighted by Crippen LogP contribution is 2.30. The van der Waals surface area contributed by atoms with Crippen LogP contribution in [0.15, 0.2) is 29.8 Å². The van der Waals surface area contributed by atoms with E-state index in [1.54, 1.807) is 6.07 Å². The first-order chi connectivity index (χ1) is 9.01. The predicted octanol–water partition coefficient (Wildman–Crippen LogP) is 4.02. The van der Waals surface area contributed by atoms with Crippen molar-refractivity contribution in [1.82, 2.24) is 0 Å². The first-order valence-corrected chi connectivity index (χ1v) is 6.71. The summed E-state index contributed by atoms with van der Waals surface area (Å²) in [6.07, 6.45) is 1.42. The molecule has 0 amide bonds. The van der Waals surface area contributed by atoms with Gasteiger partial charge in [0.2, 0.25) is 0 Å². The van der Waals surface area contributed by atoms with Crippen LogP contribution in [-0.4, -0.2) is 11.1 Å². The molecule has 2 aromatic rings. The van der Waals surface area contributed by atoms with Crippen molar-refractivity contribution < 1.29 is 9.90 Å². The van der Waals surface area contributed by atoms with E-state index in [4.69, 9.17) is 10.4 Å². The van der Waals surface area contributed by atoms with Gasteiger partial charge in [0.1, 0.15) is 11.6 Å². The second kappa shape index (κ2) is 5.25. The molecular formula is C15H13NO2S. The number of fused-ring (bicyclic) bond motifs is 1. The molecule has 1 N–H and O–H groups in total. The molecule has 2 rings (SSSR count). The van der Waals surface area contributed by atoms with Gasteiger partial charge in [0.15, 0.2) is 0 Å². The zero-order valence-electron chi connectivity index (χ0n) is 10.7. The van der Waals surface area contributed by atoms with Crippen molar-refractivity contribution >= 4 is 33.5 Å². The second-order valence-electron chi connectivity index (χ2n) is 4.58. The summed E-state index contributed by atoms with van der Waals surface area (Å²) < 4.78 is 1.11. The Hall–Kier alpha value is -2.12. The minimum absolute atomic E-state index is 0.240. The highest BCUT2D eigenvalue weighted by molar-refractivity contribution is 7.19. The van der Waals surface area contributed by atoms with Gasteiger partial charge in [-0.25, -0.2) is 4.79 Å². The van der Waals surface area contributed by atoms with Crippen LogP contribution in [0.25, 0.3) is 16.2 Å². The lowest BCUT2D eigenvalue weighted by molar-refractivity contribution is -0.132. The lowest BCUT2D eigenvalue weighted by Gasteiger charge is -2.03. The lowest BCUT2D eigenvalue weighted by atomic mass is 10.0. The first kappa shape index (κ1) is 13.3.